The number of hydrogen-bond donors (Lipinski definition) is 0. The van der Waals surface area contributed by atoms with Crippen LogP contribution in [0.3, 0.4) is 0 Å². The first-order valence-corrected chi connectivity index (χ1v) is 7.93. The normalized spacial score (nSPS) is 28.3. The lowest BCUT2D eigenvalue weighted by Gasteiger charge is -2.31. The molecule has 1 saturated heterocycles. The summed E-state index contributed by atoms with van der Waals surface area (Å²) < 4.78 is 35.2. The molecular weight excluding hydrogens is 264 g/mol. The Morgan fingerprint density at radius 1 is 1.11 bits per heavy atom. The summed E-state index contributed by atoms with van der Waals surface area (Å²) in [7, 11) is -3.68. The molecule has 3 atom stereocenters. The Bertz CT molecular complexity index is 511. The van der Waals surface area contributed by atoms with E-state index in [1.165, 1.54) is 0 Å². The van der Waals surface area contributed by atoms with E-state index in [4.69, 9.17) is 8.92 Å². The third kappa shape index (κ3) is 3.78. The van der Waals surface area contributed by atoms with Crippen LogP contribution < -0.4 is 0 Å². The molecule has 1 aliphatic rings. The van der Waals surface area contributed by atoms with Gasteiger partial charge >= 0.3 is 0 Å². The number of ether oxygens (including phenoxy) is 1. The fourth-order valence-corrected chi connectivity index (χ4v) is 3.46. The van der Waals surface area contributed by atoms with Crippen molar-refractivity contribution in [1.82, 2.24) is 0 Å². The zero-order valence-corrected chi connectivity index (χ0v) is 12.3. The van der Waals surface area contributed by atoms with Gasteiger partial charge in [0.25, 0.3) is 10.1 Å². The van der Waals surface area contributed by atoms with Gasteiger partial charge in [-0.3, -0.25) is 4.18 Å². The highest BCUT2D eigenvalue weighted by Crippen LogP contribution is 2.25. The number of aryl methyl sites for hydroxylation is 1. The summed E-state index contributed by atoms with van der Waals surface area (Å²) in [6, 6.07) is 6.70. The smallest absolute Gasteiger partial charge is 0.297 e. The average molecular weight is 284 g/mol. The topological polar surface area (TPSA) is 52.6 Å². The molecular formula is C14H20O4S. The minimum Gasteiger partial charge on any atom is -0.375 e. The summed E-state index contributed by atoms with van der Waals surface area (Å²) in [6.07, 6.45) is 0.971. The predicted octanol–water partition coefficient (Wildman–Crippen LogP) is 2.66. The molecule has 0 bridgehead atoms. The van der Waals surface area contributed by atoms with Crippen LogP contribution in [0.25, 0.3) is 0 Å². The second kappa shape index (κ2) is 5.61. The summed E-state index contributed by atoms with van der Waals surface area (Å²) in [5.41, 5.74) is 1.02. The molecule has 4 nitrogen and oxygen atoms in total. The molecule has 1 aliphatic heterocycles. The van der Waals surface area contributed by atoms with Gasteiger partial charge in [-0.05, 0) is 32.9 Å². The Balaban J connectivity index is 2.10. The van der Waals surface area contributed by atoms with E-state index in [0.29, 0.717) is 12.8 Å². The molecule has 5 heteroatoms. The van der Waals surface area contributed by atoms with E-state index in [9.17, 15) is 8.42 Å². The fraction of sp³-hybridized carbons (Fsp3) is 0.571. The van der Waals surface area contributed by atoms with Crippen LogP contribution in [0.1, 0.15) is 32.3 Å². The van der Waals surface area contributed by atoms with Crippen LogP contribution in [0.15, 0.2) is 29.2 Å². The molecule has 1 aromatic carbocycles. The lowest BCUT2D eigenvalue weighted by Crippen LogP contribution is -2.35. The highest BCUT2D eigenvalue weighted by Gasteiger charge is 2.29. The average Bonchev–Trinajstić information content (AvgIpc) is 2.27. The van der Waals surface area contributed by atoms with Crippen LogP contribution in [0.5, 0.6) is 0 Å². The summed E-state index contributed by atoms with van der Waals surface area (Å²) in [5.74, 6) is 0. The highest BCUT2D eigenvalue weighted by atomic mass is 32.2. The molecule has 0 radical (unpaired) electrons. The van der Waals surface area contributed by atoms with Gasteiger partial charge < -0.3 is 4.74 Å². The molecule has 0 amide bonds. The van der Waals surface area contributed by atoms with Crippen LogP contribution in [0, 0.1) is 6.92 Å². The number of hydrogen-bond acceptors (Lipinski definition) is 4. The number of benzene rings is 1. The molecule has 19 heavy (non-hydrogen) atoms. The molecule has 0 unspecified atom stereocenters. The van der Waals surface area contributed by atoms with E-state index in [1.807, 2.05) is 20.8 Å². The molecule has 1 fully saturated rings. The maximum absolute atomic E-state index is 12.2. The van der Waals surface area contributed by atoms with E-state index in [0.717, 1.165) is 5.56 Å². The summed E-state index contributed by atoms with van der Waals surface area (Å²) >= 11 is 0. The third-order valence-corrected chi connectivity index (χ3v) is 4.60. The monoisotopic (exact) mass is 284 g/mol. The molecule has 1 heterocycles. The molecule has 0 aliphatic carbocycles. The Morgan fingerprint density at radius 2 is 1.63 bits per heavy atom. The van der Waals surface area contributed by atoms with Crippen molar-refractivity contribution >= 4 is 10.1 Å². The maximum Gasteiger partial charge on any atom is 0.297 e. The third-order valence-electron chi connectivity index (χ3n) is 3.23. The van der Waals surface area contributed by atoms with Gasteiger partial charge in [0.2, 0.25) is 0 Å². The summed E-state index contributed by atoms with van der Waals surface area (Å²) in [6.45, 7) is 5.79. The second-order valence-electron chi connectivity index (χ2n) is 5.21. The van der Waals surface area contributed by atoms with Crippen molar-refractivity contribution in [3.63, 3.8) is 0 Å². The van der Waals surface area contributed by atoms with Gasteiger partial charge in [-0.25, -0.2) is 0 Å². The van der Waals surface area contributed by atoms with Crippen molar-refractivity contribution in [3.8, 4) is 0 Å². The minimum absolute atomic E-state index is 0.0296. The van der Waals surface area contributed by atoms with Crippen molar-refractivity contribution < 1.29 is 17.3 Å². The molecule has 0 aromatic heterocycles. The predicted molar refractivity (Wildman–Crippen MR) is 72.5 cm³/mol. The quantitative estimate of drug-likeness (QED) is 0.801. The van der Waals surface area contributed by atoms with Gasteiger partial charge in [0, 0.05) is 12.8 Å². The van der Waals surface area contributed by atoms with Crippen molar-refractivity contribution in [1.29, 1.82) is 0 Å². The first-order valence-electron chi connectivity index (χ1n) is 6.52. The first kappa shape index (κ1) is 14.5. The molecule has 1 aromatic rings. The number of rotatable bonds is 3. The lowest BCUT2D eigenvalue weighted by atomic mass is 10.0. The van der Waals surface area contributed by atoms with E-state index >= 15 is 0 Å². The van der Waals surface area contributed by atoms with Crippen molar-refractivity contribution in [2.75, 3.05) is 0 Å². The Kier molecular flexibility index (Phi) is 4.28. The van der Waals surface area contributed by atoms with E-state index < -0.39 is 10.1 Å². The Labute approximate surface area is 114 Å². The molecule has 0 spiro atoms. The van der Waals surface area contributed by atoms with Crippen molar-refractivity contribution in [3.05, 3.63) is 29.8 Å². The first-order chi connectivity index (χ1) is 8.87. The van der Waals surface area contributed by atoms with Gasteiger partial charge in [-0.1, -0.05) is 17.7 Å². The van der Waals surface area contributed by atoms with Gasteiger partial charge in [-0.15, -0.1) is 0 Å². The molecule has 106 valence electrons. The van der Waals surface area contributed by atoms with E-state index in [2.05, 4.69) is 0 Å². The van der Waals surface area contributed by atoms with Crippen LogP contribution in [-0.4, -0.2) is 26.7 Å². The van der Waals surface area contributed by atoms with Crippen LogP contribution in [0.2, 0.25) is 0 Å². The standard InChI is InChI=1S/C14H20O4S/c1-10-4-6-14(7-5-10)19(15,16)18-13-8-11(2)17-12(3)9-13/h4-7,11-13H,8-9H2,1-3H3/t11-,12+,13-. The zero-order chi connectivity index (χ0) is 14.0. The van der Waals surface area contributed by atoms with E-state index in [1.54, 1.807) is 24.3 Å². The largest absolute Gasteiger partial charge is 0.375 e. The van der Waals surface area contributed by atoms with Gasteiger partial charge in [0.1, 0.15) is 0 Å². The van der Waals surface area contributed by atoms with E-state index in [-0.39, 0.29) is 23.2 Å². The van der Waals surface area contributed by atoms with Crippen molar-refractivity contribution in [2.24, 2.45) is 0 Å². The fourth-order valence-electron chi connectivity index (χ4n) is 2.36. The molecule has 0 saturated carbocycles. The highest BCUT2D eigenvalue weighted by molar-refractivity contribution is 7.86. The Morgan fingerprint density at radius 3 is 2.16 bits per heavy atom. The Hall–Kier alpha value is -0.910. The summed E-state index contributed by atoms with van der Waals surface area (Å²) in [5, 5.41) is 0. The lowest BCUT2D eigenvalue weighted by molar-refractivity contribution is -0.0706. The van der Waals surface area contributed by atoms with Crippen LogP contribution >= 0.6 is 0 Å². The van der Waals surface area contributed by atoms with Crippen molar-refractivity contribution in [2.45, 2.75) is 56.8 Å². The molecule has 2 rings (SSSR count). The van der Waals surface area contributed by atoms with Gasteiger partial charge in [-0.2, -0.15) is 8.42 Å². The summed E-state index contributed by atoms with van der Waals surface area (Å²) in [4.78, 5) is 0.213. The SMILES string of the molecule is Cc1ccc(S(=O)(=O)O[C@@H]2C[C@@H](C)O[C@@H](C)C2)cc1. The molecule has 0 N–H and O–H groups in total. The van der Waals surface area contributed by atoms with Crippen LogP contribution in [0.4, 0.5) is 0 Å². The van der Waals surface area contributed by atoms with Gasteiger partial charge in [0.05, 0.1) is 23.2 Å². The van der Waals surface area contributed by atoms with Gasteiger partial charge in [0.15, 0.2) is 0 Å². The second-order valence-corrected chi connectivity index (χ2v) is 6.79. The minimum atomic E-state index is -3.68. The van der Waals surface area contributed by atoms with Crippen LogP contribution in [-0.2, 0) is 19.0 Å². The maximum atomic E-state index is 12.2. The zero-order valence-electron chi connectivity index (χ0n) is 11.5.